The largest absolute Gasteiger partial charge is 0.366 e. The second-order valence-corrected chi connectivity index (χ2v) is 3.94. The smallest absolute Gasteiger partial charge is 0.318 e. The van der Waals surface area contributed by atoms with Gasteiger partial charge in [0.1, 0.15) is 11.2 Å². The molecule has 0 aliphatic carbocycles. The van der Waals surface area contributed by atoms with Gasteiger partial charge in [0.2, 0.25) is 0 Å². The Morgan fingerprint density at radius 1 is 1.28 bits per heavy atom. The molecule has 0 aliphatic heterocycles. The number of benzene rings is 1. The number of hydrogen-bond donors (Lipinski definition) is 0. The summed E-state index contributed by atoms with van der Waals surface area (Å²) >= 11 is 0. The van der Waals surface area contributed by atoms with Crippen LogP contribution in [0.5, 0.6) is 0 Å². The van der Waals surface area contributed by atoms with Crippen LogP contribution >= 0.6 is 0 Å². The molecule has 0 atom stereocenters. The molecule has 0 fully saturated rings. The van der Waals surface area contributed by atoms with Crippen molar-refractivity contribution in [3.63, 3.8) is 0 Å². The Balaban J connectivity index is 2.74. The van der Waals surface area contributed by atoms with Crippen LogP contribution in [0.2, 0.25) is 0 Å². The topological polar surface area (TPSA) is 59.3 Å². The molecule has 0 spiro atoms. The van der Waals surface area contributed by atoms with Crippen LogP contribution in [0.1, 0.15) is 13.8 Å². The fourth-order valence-electron chi connectivity index (χ4n) is 2.12. The van der Waals surface area contributed by atoms with Crippen molar-refractivity contribution in [1.82, 2.24) is 4.98 Å². The summed E-state index contributed by atoms with van der Waals surface area (Å²) in [6, 6.07) is 7.29. The zero-order valence-electron chi connectivity index (χ0n) is 10.5. The lowest BCUT2D eigenvalue weighted by molar-refractivity contribution is -0.382. The number of pyridine rings is 1. The third-order valence-electron chi connectivity index (χ3n) is 3.01. The van der Waals surface area contributed by atoms with Crippen LogP contribution < -0.4 is 4.90 Å². The lowest BCUT2D eigenvalue weighted by atomic mass is 10.1. The summed E-state index contributed by atoms with van der Waals surface area (Å²) in [5, 5.41) is 12.1. The monoisotopic (exact) mass is 245 g/mol. The normalized spacial score (nSPS) is 10.6. The average molecular weight is 245 g/mol. The van der Waals surface area contributed by atoms with Crippen LogP contribution in [0.3, 0.4) is 0 Å². The van der Waals surface area contributed by atoms with Gasteiger partial charge in [0.25, 0.3) is 0 Å². The van der Waals surface area contributed by atoms with Crippen molar-refractivity contribution in [1.29, 1.82) is 0 Å². The van der Waals surface area contributed by atoms with E-state index in [2.05, 4.69) is 4.98 Å². The van der Waals surface area contributed by atoms with Crippen molar-refractivity contribution in [3.05, 3.63) is 40.6 Å². The number of nitro benzene ring substituents is 1. The van der Waals surface area contributed by atoms with Crippen LogP contribution in [0.4, 0.5) is 11.4 Å². The number of fused-ring (bicyclic) bond motifs is 1. The molecule has 0 unspecified atom stereocenters. The molecular formula is C13H15N3O2. The van der Waals surface area contributed by atoms with Gasteiger partial charge < -0.3 is 4.90 Å². The van der Waals surface area contributed by atoms with Gasteiger partial charge >= 0.3 is 5.69 Å². The van der Waals surface area contributed by atoms with Crippen LogP contribution in [0.15, 0.2) is 30.5 Å². The number of nitro groups is 1. The minimum absolute atomic E-state index is 0.0943. The van der Waals surface area contributed by atoms with Gasteiger partial charge in [0.15, 0.2) is 0 Å². The lowest BCUT2D eigenvalue weighted by Crippen LogP contribution is -2.22. The van der Waals surface area contributed by atoms with Gasteiger partial charge in [-0.3, -0.25) is 10.1 Å². The second-order valence-electron chi connectivity index (χ2n) is 3.94. The Kier molecular flexibility index (Phi) is 3.41. The van der Waals surface area contributed by atoms with Gasteiger partial charge in [-0.25, -0.2) is 4.98 Å². The van der Waals surface area contributed by atoms with E-state index < -0.39 is 0 Å². The zero-order chi connectivity index (χ0) is 13.1. The van der Waals surface area contributed by atoms with Gasteiger partial charge in [-0.05, 0) is 26.0 Å². The summed E-state index contributed by atoms with van der Waals surface area (Å²) in [7, 11) is 0. The van der Waals surface area contributed by atoms with E-state index in [9.17, 15) is 10.1 Å². The van der Waals surface area contributed by atoms with Crippen molar-refractivity contribution in [3.8, 4) is 0 Å². The van der Waals surface area contributed by atoms with Crippen LogP contribution in [-0.4, -0.2) is 23.0 Å². The average Bonchev–Trinajstić information content (AvgIpc) is 2.39. The number of anilines is 1. The van der Waals surface area contributed by atoms with E-state index in [-0.39, 0.29) is 10.6 Å². The molecule has 94 valence electrons. The SMILES string of the molecule is CCN(CC)c1ccc2cccnc2c1[N+](=O)[O-]. The summed E-state index contributed by atoms with van der Waals surface area (Å²) in [4.78, 5) is 17.1. The highest BCUT2D eigenvalue weighted by atomic mass is 16.6. The van der Waals surface area contributed by atoms with Gasteiger partial charge in [-0.1, -0.05) is 12.1 Å². The van der Waals surface area contributed by atoms with E-state index in [1.165, 1.54) is 0 Å². The standard InChI is InChI=1S/C13H15N3O2/c1-3-15(4-2)11-8-7-10-6-5-9-14-12(10)13(11)16(17)18/h5-9H,3-4H2,1-2H3. The Bertz CT molecular complexity index is 579. The molecule has 5 heteroatoms. The zero-order valence-corrected chi connectivity index (χ0v) is 10.5. The summed E-state index contributed by atoms with van der Waals surface area (Å²) < 4.78 is 0. The highest BCUT2D eigenvalue weighted by Crippen LogP contribution is 2.34. The van der Waals surface area contributed by atoms with Gasteiger partial charge in [0, 0.05) is 24.7 Å². The number of hydrogen-bond acceptors (Lipinski definition) is 4. The minimum Gasteiger partial charge on any atom is -0.366 e. The number of aromatic nitrogens is 1. The number of rotatable bonds is 4. The van der Waals surface area contributed by atoms with Crippen LogP contribution in [0.25, 0.3) is 10.9 Å². The first-order chi connectivity index (χ1) is 8.69. The van der Waals surface area contributed by atoms with Gasteiger partial charge in [0.05, 0.1) is 4.92 Å². The molecule has 1 aromatic carbocycles. The summed E-state index contributed by atoms with van der Waals surface area (Å²) in [6.45, 7) is 5.43. The maximum absolute atomic E-state index is 11.3. The summed E-state index contributed by atoms with van der Waals surface area (Å²) in [5.74, 6) is 0. The molecule has 1 heterocycles. The first-order valence-corrected chi connectivity index (χ1v) is 5.96. The molecule has 0 N–H and O–H groups in total. The van der Waals surface area contributed by atoms with Crippen LogP contribution in [0, 0.1) is 10.1 Å². The maximum atomic E-state index is 11.3. The van der Waals surface area contributed by atoms with Crippen molar-refractivity contribution in [2.45, 2.75) is 13.8 Å². The maximum Gasteiger partial charge on any atom is 0.318 e. The fourth-order valence-corrected chi connectivity index (χ4v) is 2.12. The molecule has 2 aromatic rings. The second kappa shape index (κ2) is 5.00. The summed E-state index contributed by atoms with van der Waals surface area (Å²) in [6.07, 6.45) is 1.58. The quantitative estimate of drug-likeness (QED) is 0.613. The third-order valence-corrected chi connectivity index (χ3v) is 3.01. The molecule has 0 radical (unpaired) electrons. The van der Waals surface area contributed by atoms with Crippen LogP contribution in [-0.2, 0) is 0 Å². The van der Waals surface area contributed by atoms with E-state index >= 15 is 0 Å². The Morgan fingerprint density at radius 2 is 2.00 bits per heavy atom. The molecule has 0 amide bonds. The van der Waals surface area contributed by atoms with E-state index in [1.54, 1.807) is 18.3 Å². The molecule has 0 aliphatic rings. The molecule has 0 saturated carbocycles. The first kappa shape index (κ1) is 12.3. The molecular weight excluding hydrogens is 230 g/mol. The fraction of sp³-hybridized carbons (Fsp3) is 0.308. The molecule has 1 aromatic heterocycles. The Hall–Kier alpha value is -2.17. The van der Waals surface area contributed by atoms with Crippen molar-refractivity contribution in [2.24, 2.45) is 0 Å². The Morgan fingerprint density at radius 3 is 2.61 bits per heavy atom. The van der Waals surface area contributed by atoms with Gasteiger partial charge in [-0.2, -0.15) is 0 Å². The minimum atomic E-state index is -0.344. The molecule has 5 nitrogen and oxygen atoms in total. The number of nitrogens with zero attached hydrogens (tertiary/aromatic N) is 3. The molecule has 0 saturated heterocycles. The van der Waals surface area contributed by atoms with Crippen molar-refractivity contribution >= 4 is 22.3 Å². The Labute approximate surface area is 105 Å². The van der Waals surface area contributed by atoms with E-state index in [4.69, 9.17) is 0 Å². The highest BCUT2D eigenvalue weighted by molar-refractivity contribution is 5.93. The van der Waals surface area contributed by atoms with Crippen molar-refractivity contribution < 1.29 is 4.92 Å². The lowest BCUT2D eigenvalue weighted by Gasteiger charge is -2.21. The highest BCUT2D eigenvalue weighted by Gasteiger charge is 2.22. The van der Waals surface area contributed by atoms with E-state index in [1.807, 2.05) is 30.9 Å². The molecule has 18 heavy (non-hydrogen) atoms. The van der Waals surface area contributed by atoms with Gasteiger partial charge in [-0.15, -0.1) is 0 Å². The summed E-state index contributed by atoms with van der Waals surface area (Å²) in [5.41, 5.74) is 1.18. The van der Waals surface area contributed by atoms with E-state index in [0.29, 0.717) is 11.2 Å². The molecule has 0 bridgehead atoms. The van der Waals surface area contributed by atoms with E-state index in [0.717, 1.165) is 18.5 Å². The first-order valence-electron chi connectivity index (χ1n) is 5.96. The predicted molar refractivity (Wildman–Crippen MR) is 72.0 cm³/mol. The predicted octanol–water partition coefficient (Wildman–Crippen LogP) is 2.99. The molecule has 2 rings (SSSR count). The van der Waals surface area contributed by atoms with Crippen molar-refractivity contribution in [2.75, 3.05) is 18.0 Å². The third kappa shape index (κ3) is 1.99.